The van der Waals surface area contributed by atoms with Crippen LogP contribution in [0.15, 0.2) is 11.1 Å². The molecule has 5 nitrogen and oxygen atoms in total. The molecule has 0 amide bonds. The van der Waals surface area contributed by atoms with E-state index < -0.39 is 10.0 Å². The van der Waals surface area contributed by atoms with E-state index >= 15 is 0 Å². The largest absolute Gasteiger partial charge is 0.269 e. The molecule has 0 radical (unpaired) electrons. The third-order valence-corrected chi connectivity index (χ3v) is 3.43. The number of sulfonamides is 1. The maximum absolute atomic E-state index is 11.4. The van der Waals surface area contributed by atoms with Gasteiger partial charge >= 0.3 is 0 Å². The molecule has 1 aromatic heterocycles. The van der Waals surface area contributed by atoms with Crippen molar-refractivity contribution in [1.82, 2.24) is 14.5 Å². The molecule has 0 bridgehead atoms. The molecular formula is C7H13N3O2S. The van der Waals surface area contributed by atoms with Crippen LogP contribution < -0.4 is 4.72 Å². The maximum Gasteiger partial charge on any atom is 0.243 e. The smallest absolute Gasteiger partial charge is 0.243 e. The van der Waals surface area contributed by atoms with Crippen LogP contribution in [0.2, 0.25) is 0 Å². The molecule has 0 aliphatic carbocycles. The van der Waals surface area contributed by atoms with E-state index in [9.17, 15) is 8.42 Å². The highest BCUT2D eigenvalue weighted by atomic mass is 32.2. The molecule has 74 valence electrons. The Morgan fingerprint density at radius 2 is 2.23 bits per heavy atom. The zero-order chi connectivity index (χ0) is 10.1. The summed E-state index contributed by atoms with van der Waals surface area (Å²) in [6.07, 6.45) is 1.37. The Kier molecular flexibility index (Phi) is 2.72. The predicted molar refractivity (Wildman–Crippen MR) is 48.9 cm³/mol. The first-order valence-electron chi connectivity index (χ1n) is 3.99. The summed E-state index contributed by atoms with van der Waals surface area (Å²) >= 11 is 0. The van der Waals surface area contributed by atoms with Gasteiger partial charge in [-0.25, -0.2) is 13.1 Å². The third-order valence-electron chi connectivity index (χ3n) is 1.92. The summed E-state index contributed by atoms with van der Waals surface area (Å²) in [6, 6.07) is 0. The highest BCUT2D eigenvalue weighted by Gasteiger charge is 2.17. The van der Waals surface area contributed by atoms with E-state index in [0.717, 1.165) is 0 Å². The average molecular weight is 203 g/mol. The fourth-order valence-electron chi connectivity index (χ4n) is 1.12. The van der Waals surface area contributed by atoms with Crippen LogP contribution in [0.5, 0.6) is 0 Å². The molecule has 13 heavy (non-hydrogen) atoms. The standard InChI is InChI=1S/C7H13N3O2S/c1-4-10-6(2)7(5-9-10)13(11,12)8-3/h5,8H,4H2,1-3H3. The van der Waals surface area contributed by atoms with Crippen molar-refractivity contribution in [1.29, 1.82) is 0 Å². The molecule has 0 saturated carbocycles. The molecule has 0 saturated heterocycles. The van der Waals surface area contributed by atoms with E-state index in [0.29, 0.717) is 12.2 Å². The SMILES string of the molecule is CCn1ncc(S(=O)(=O)NC)c1C. The van der Waals surface area contributed by atoms with Crippen LogP contribution in [0.4, 0.5) is 0 Å². The lowest BCUT2D eigenvalue weighted by molar-refractivity contribution is 0.586. The van der Waals surface area contributed by atoms with Crippen LogP contribution >= 0.6 is 0 Å². The second kappa shape index (κ2) is 3.47. The van der Waals surface area contributed by atoms with Gasteiger partial charge in [-0.15, -0.1) is 0 Å². The van der Waals surface area contributed by atoms with E-state index in [2.05, 4.69) is 9.82 Å². The van der Waals surface area contributed by atoms with Gasteiger partial charge in [0.05, 0.1) is 11.9 Å². The molecule has 0 aromatic carbocycles. The first-order valence-corrected chi connectivity index (χ1v) is 5.47. The lowest BCUT2D eigenvalue weighted by atomic mass is 10.5. The Morgan fingerprint density at radius 3 is 2.62 bits per heavy atom. The third kappa shape index (κ3) is 1.73. The predicted octanol–water partition coefficient (Wildman–Crippen LogP) is 0.120. The second-order valence-corrected chi connectivity index (χ2v) is 4.47. The molecule has 1 heterocycles. The van der Waals surface area contributed by atoms with Crippen molar-refractivity contribution < 1.29 is 8.42 Å². The highest BCUT2D eigenvalue weighted by molar-refractivity contribution is 7.89. The number of rotatable bonds is 3. The van der Waals surface area contributed by atoms with Gasteiger partial charge in [0.1, 0.15) is 4.90 Å². The van der Waals surface area contributed by atoms with Crippen molar-refractivity contribution >= 4 is 10.0 Å². The maximum atomic E-state index is 11.4. The lowest BCUT2D eigenvalue weighted by Gasteiger charge is -2.02. The monoisotopic (exact) mass is 203 g/mol. The Balaban J connectivity index is 3.25. The van der Waals surface area contributed by atoms with Gasteiger partial charge in [0.25, 0.3) is 0 Å². The summed E-state index contributed by atoms with van der Waals surface area (Å²) in [5, 5.41) is 3.95. The number of hydrogen-bond donors (Lipinski definition) is 1. The molecule has 0 aliphatic rings. The molecule has 1 N–H and O–H groups in total. The number of nitrogens with zero attached hydrogens (tertiary/aromatic N) is 2. The fourth-order valence-corrected chi connectivity index (χ4v) is 2.02. The van der Waals surface area contributed by atoms with Crippen molar-refractivity contribution in [3.8, 4) is 0 Å². The Labute approximate surface area is 77.8 Å². The van der Waals surface area contributed by atoms with Gasteiger partial charge in [-0.05, 0) is 20.9 Å². The normalized spacial score (nSPS) is 11.9. The van der Waals surface area contributed by atoms with Gasteiger partial charge in [0, 0.05) is 6.54 Å². The van der Waals surface area contributed by atoms with Gasteiger partial charge in [-0.1, -0.05) is 0 Å². The summed E-state index contributed by atoms with van der Waals surface area (Å²) in [5.41, 5.74) is 0.664. The highest BCUT2D eigenvalue weighted by Crippen LogP contribution is 2.12. The zero-order valence-corrected chi connectivity index (χ0v) is 8.72. The van der Waals surface area contributed by atoms with Crippen molar-refractivity contribution in [2.24, 2.45) is 0 Å². The molecule has 1 aromatic rings. The average Bonchev–Trinajstić information content (AvgIpc) is 2.47. The minimum Gasteiger partial charge on any atom is -0.269 e. The Morgan fingerprint density at radius 1 is 1.62 bits per heavy atom. The molecule has 0 spiro atoms. The van der Waals surface area contributed by atoms with Crippen LogP contribution in [-0.4, -0.2) is 25.2 Å². The number of nitrogens with one attached hydrogen (secondary N) is 1. The van der Waals surface area contributed by atoms with Gasteiger partial charge in [0.15, 0.2) is 0 Å². The topological polar surface area (TPSA) is 64.0 Å². The lowest BCUT2D eigenvalue weighted by Crippen LogP contribution is -2.19. The van der Waals surface area contributed by atoms with Gasteiger partial charge in [-0.2, -0.15) is 5.10 Å². The van der Waals surface area contributed by atoms with E-state index in [-0.39, 0.29) is 4.90 Å². The van der Waals surface area contributed by atoms with Crippen LogP contribution in [0.25, 0.3) is 0 Å². The summed E-state index contributed by atoms with van der Waals surface area (Å²) in [4.78, 5) is 0.247. The zero-order valence-electron chi connectivity index (χ0n) is 7.90. The van der Waals surface area contributed by atoms with Gasteiger partial charge < -0.3 is 0 Å². The first kappa shape index (κ1) is 10.2. The Hall–Kier alpha value is -0.880. The summed E-state index contributed by atoms with van der Waals surface area (Å²) < 4.78 is 26.7. The van der Waals surface area contributed by atoms with Gasteiger partial charge in [-0.3, -0.25) is 4.68 Å². The van der Waals surface area contributed by atoms with E-state index in [1.165, 1.54) is 13.2 Å². The molecule has 0 fully saturated rings. The van der Waals surface area contributed by atoms with Crippen molar-refractivity contribution in [2.45, 2.75) is 25.3 Å². The van der Waals surface area contributed by atoms with Crippen LogP contribution in [0, 0.1) is 6.92 Å². The number of aryl methyl sites for hydroxylation is 1. The number of hydrogen-bond acceptors (Lipinski definition) is 3. The van der Waals surface area contributed by atoms with Crippen LogP contribution in [0.3, 0.4) is 0 Å². The molecule has 0 aliphatic heterocycles. The minimum atomic E-state index is -3.35. The molecule has 0 unspecified atom stereocenters. The first-order chi connectivity index (χ1) is 6.03. The van der Waals surface area contributed by atoms with Crippen molar-refractivity contribution in [2.75, 3.05) is 7.05 Å². The second-order valence-electron chi connectivity index (χ2n) is 2.62. The molecular weight excluding hydrogens is 190 g/mol. The van der Waals surface area contributed by atoms with Gasteiger partial charge in [0.2, 0.25) is 10.0 Å². The van der Waals surface area contributed by atoms with Crippen molar-refractivity contribution in [3.63, 3.8) is 0 Å². The van der Waals surface area contributed by atoms with E-state index in [1.54, 1.807) is 11.6 Å². The number of aromatic nitrogens is 2. The summed E-state index contributed by atoms with van der Waals surface area (Å²) in [5.74, 6) is 0. The quantitative estimate of drug-likeness (QED) is 0.759. The van der Waals surface area contributed by atoms with E-state index in [4.69, 9.17) is 0 Å². The summed E-state index contributed by atoms with van der Waals surface area (Å²) in [6.45, 7) is 4.32. The Bertz CT molecular complexity index is 394. The summed E-state index contributed by atoms with van der Waals surface area (Å²) in [7, 11) is -1.96. The molecule has 1 rings (SSSR count). The fraction of sp³-hybridized carbons (Fsp3) is 0.571. The molecule has 0 atom stereocenters. The van der Waals surface area contributed by atoms with Crippen LogP contribution in [0.1, 0.15) is 12.6 Å². The van der Waals surface area contributed by atoms with Crippen LogP contribution in [-0.2, 0) is 16.6 Å². The van der Waals surface area contributed by atoms with Crippen molar-refractivity contribution in [3.05, 3.63) is 11.9 Å². The minimum absolute atomic E-state index is 0.247. The molecule has 6 heteroatoms. The van der Waals surface area contributed by atoms with E-state index in [1.807, 2.05) is 6.92 Å².